The van der Waals surface area contributed by atoms with Gasteiger partial charge >= 0.3 is 0 Å². The number of carbonyl (C=O) groups is 1. The second-order valence-corrected chi connectivity index (χ2v) is 6.59. The Kier molecular flexibility index (Phi) is 4.34. The van der Waals surface area contributed by atoms with Crippen molar-refractivity contribution in [3.8, 4) is 11.3 Å². The zero-order valence-corrected chi connectivity index (χ0v) is 13.1. The average Bonchev–Trinajstić information content (AvgIpc) is 2.84. The van der Waals surface area contributed by atoms with Crippen molar-refractivity contribution in [2.24, 2.45) is 0 Å². The zero-order valence-electron chi connectivity index (χ0n) is 12.3. The van der Waals surface area contributed by atoms with E-state index in [9.17, 15) is 4.79 Å². The van der Waals surface area contributed by atoms with E-state index in [0.717, 1.165) is 34.1 Å². The maximum absolute atomic E-state index is 11.4. The van der Waals surface area contributed by atoms with Crippen molar-refractivity contribution in [3.05, 3.63) is 35.2 Å². The SMILES string of the molecule is CC1CCCCCN1c1nc(-c2ccccc2)c(C=O)s1. The van der Waals surface area contributed by atoms with Gasteiger partial charge in [0, 0.05) is 18.2 Å². The van der Waals surface area contributed by atoms with Crippen LogP contribution in [0.3, 0.4) is 0 Å². The number of nitrogens with zero attached hydrogens (tertiary/aromatic N) is 2. The Morgan fingerprint density at radius 2 is 2.05 bits per heavy atom. The number of benzene rings is 1. The summed E-state index contributed by atoms with van der Waals surface area (Å²) in [5, 5.41) is 0.991. The first-order valence-electron chi connectivity index (χ1n) is 7.57. The highest BCUT2D eigenvalue weighted by atomic mass is 32.1. The van der Waals surface area contributed by atoms with E-state index in [1.165, 1.54) is 37.0 Å². The summed E-state index contributed by atoms with van der Waals surface area (Å²) in [7, 11) is 0. The van der Waals surface area contributed by atoms with E-state index < -0.39 is 0 Å². The third-order valence-corrected chi connectivity index (χ3v) is 5.11. The molecule has 1 atom stereocenters. The summed E-state index contributed by atoms with van der Waals surface area (Å²) in [5.74, 6) is 0. The maximum atomic E-state index is 11.4. The first-order chi connectivity index (χ1) is 10.3. The second kappa shape index (κ2) is 6.39. The highest BCUT2D eigenvalue weighted by molar-refractivity contribution is 7.17. The number of anilines is 1. The topological polar surface area (TPSA) is 33.2 Å². The molecule has 4 heteroatoms. The van der Waals surface area contributed by atoms with Gasteiger partial charge in [0.1, 0.15) is 0 Å². The van der Waals surface area contributed by atoms with Crippen LogP contribution in [0.4, 0.5) is 5.13 Å². The lowest BCUT2D eigenvalue weighted by molar-refractivity contribution is 0.112. The molecular weight excluding hydrogens is 280 g/mol. The first-order valence-corrected chi connectivity index (χ1v) is 8.39. The summed E-state index contributed by atoms with van der Waals surface area (Å²) in [6.45, 7) is 3.30. The fraction of sp³-hybridized carbons (Fsp3) is 0.412. The van der Waals surface area contributed by atoms with Crippen LogP contribution in [0.5, 0.6) is 0 Å². The molecule has 0 saturated carbocycles. The predicted octanol–water partition coefficient (Wildman–Crippen LogP) is 4.39. The third-order valence-electron chi connectivity index (χ3n) is 4.10. The van der Waals surface area contributed by atoms with Crippen LogP contribution in [0.15, 0.2) is 30.3 Å². The number of aldehydes is 1. The van der Waals surface area contributed by atoms with Gasteiger partial charge < -0.3 is 4.90 Å². The Labute approximate surface area is 129 Å². The van der Waals surface area contributed by atoms with Gasteiger partial charge in [-0.2, -0.15) is 0 Å². The van der Waals surface area contributed by atoms with E-state index in [0.29, 0.717) is 6.04 Å². The van der Waals surface area contributed by atoms with Crippen LogP contribution in [0.2, 0.25) is 0 Å². The predicted molar refractivity (Wildman–Crippen MR) is 88.2 cm³/mol. The van der Waals surface area contributed by atoms with Gasteiger partial charge in [0.15, 0.2) is 11.4 Å². The number of aromatic nitrogens is 1. The van der Waals surface area contributed by atoms with Crippen LogP contribution >= 0.6 is 11.3 Å². The highest BCUT2D eigenvalue weighted by Crippen LogP contribution is 2.34. The molecule has 2 heterocycles. The van der Waals surface area contributed by atoms with E-state index >= 15 is 0 Å². The van der Waals surface area contributed by atoms with Crippen molar-refractivity contribution in [3.63, 3.8) is 0 Å². The Hall–Kier alpha value is -1.68. The smallest absolute Gasteiger partial charge is 0.186 e. The Morgan fingerprint density at radius 3 is 2.81 bits per heavy atom. The van der Waals surface area contributed by atoms with Gasteiger partial charge in [-0.15, -0.1) is 0 Å². The molecule has 0 N–H and O–H groups in total. The fourth-order valence-electron chi connectivity index (χ4n) is 2.88. The lowest BCUT2D eigenvalue weighted by Gasteiger charge is -2.26. The molecule has 1 aliphatic heterocycles. The molecule has 1 unspecified atom stereocenters. The van der Waals surface area contributed by atoms with E-state index in [-0.39, 0.29) is 0 Å². The highest BCUT2D eigenvalue weighted by Gasteiger charge is 2.22. The van der Waals surface area contributed by atoms with Crippen molar-refractivity contribution < 1.29 is 4.79 Å². The van der Waals surface area contributed by atoms with Gasteiger partial charge in [-0.25, -0.2) is 4.98 Å². The number of thiazole rings is 1. The van der Waals surface area contributed by atoms with Gasteiger partial charge in [0.2, 0.25) is 0 Å². The van der Waals surface area contributed by atoms with Crippen molar-refractivity contribution >= 4 is 22.8 Å². The number of hydrogen-bond acceptors (Lipinski definition) is 4. The largest absolute Gasteiger partial charge is 0.345 e. The third kappa shape index (κ3) is 3.00. The zero-order chi connectivity index (χ0) is 14.7. The van der Waals surface area contributed by atoms with Gasteiger partial charge in [0.05, 0.1) is 10.6 Å². The van der Waals surface area contributed by atoms with Gasteiger partial charge in [0.25, 0.3) is 0 Å². The minimum absolute atomic E-state index is 0.502. The molecule has 110 valence electrons. The average molecular weight is 300 g/mol. The molecule has 0 aliphatic carbocycles. The minimum Gasteiger partial charge on any atom is -0.345 e. The molecule has 1 aromatic heterocycles. The van der Waals surface area contributed by atoms with Crippen molar-refractivity contribution in [1.82, 2.24) is 4.98 Å². The fourth-order valence-corrected chi connectivity index (χ4v) is 3.92. The van der Waals surface area contributed by atoms with Crippen LogP contribution in [0.25, 0.3) is 11.3 Å². The molecule has 0 spiro atoms. The Bertz CT molecular complexity index is 609. The summed E-state index contributed by atoms with van der Waals surface area (Å²) in [5.41, 5.74) is 1.84. The number of carbonyl (C=O) groups excluding carboxylic acids is 1. The summed E-state index contributed by atoms with van der Waals surface area (Å²) >= 11 is 1.52. The normalized spacial score (nSPS) is 19.3. The summed E-state index contributed by atoms with van der Waals surface area (Å²) in [6.07, 6.45) is 5.93. The Morgan fingerprint density at radius 1 is 1.24 bits per heavy atom. The molecule has 21 heavy (non-hydrogen) atoms. The quantitative estimate of drug-likeness (QED) is 0.788. The van der Waals surface area contributed by atoms with Crippen LogP contribution in [-0.2, 0) is 0 Å². The van der Waals surface area contributed by atoms with E-state index in [2.05, 4.69) is 11.8 Å². The summed E-state index contributed by atoms with van der Waals surface area (Å²) < 4.78 is 0. The molecule has 0 bridgehead atoms. The molecular formula is C17H20N2OS. The molecule has 1 aliphatic rings. The monoisotopic (exact) mass is 300 g/mol. The number of hydrogen-bond donors (Lipinski definition) is 0. The van der Waals surface area contributed by atoms with Gasteiger partial charge in [-0.3, -0.25) is 4.79 Å². The lowest BCUT2D eigenvalue weighted by Crippen LogP contribution is -2.32. The van der Waals surface area contributed by atoms with Crippen LogP contribution in [0.1, 0.15) is 42.3 Å². The molecule has 2 aromatic rings. The van der Waals surface area contributed by atoms with Gasteiger partial charge in [-0.1, -0.05) is 54.5 Å². The Balaban J connectivity index is 1.97. The van der Waals surface area contributed by atoms with E-state index in [1.54, 1.807) is 0 Å². The van der Waals surface area contributed by atoms with E-state index in [4.69, 9.17) is 4.98 Å². The maximum Gasteiger partial charge on any atom is 0.186 e. The second-order valence-electron chi connectivity index (χ2n) is 5.58. The lowest BCUT2D eigenvalue weighted by atomic mass is 10.1. The standard InChI is InChI=1S/C17H20N2OS/c1-13-8-4-3-7-11-19(13)17-18-16(15(12-20)21-17)14-9-5-2-6-10-14/h2,5-6,9-10,12-13H,3-4,7-8,11H2,1H3. The molecule has 0 radical (unpaired) electrons. The van der Waals surface area contributed by atoms with Gasteiger partial charge in [-0.05, 0) is 19.8 Å². The van der Waals surface area contributed by atoms with Crippen LogP contribution < -0.4 is 4.90 Å². The molecule has 3 rings (SSSR count). The van der Waals surface area contributed by atoms with Crippen molar-refractivity contribution in [2.75, 3.05) is 11.4 Å². The van der Waals surface area contributed by atoms with Crippen molar-refractivity contribution in [1.29, 1.82) is 0 Å². The van der Waals surface area contributed by atoms with Crippen LogP contribution in [0, 0.1) is 0 Å². The summed E-state index contributed by atoms with van der Waals surface area (Å²) in [6, 6.07) is 10.5. The minimum atomic E-state index is 0.502. The molecule has 3 nitrogen and oxygen atoms in total. The van der Waals surface area contributed by atoms with Crippen LogP contribution in [-0.4, -0.2) is 23.9 Å². The molecule has 0 amide bonds. The summed E-state index contributed by atoms with van der Waals surface area (Å²) in [4.78, 5) is 19.3. The molecule has 1 saturated heterocycles. The van der Waals surface area contributed by atoms with E-state index in [1.807, 2.05) is 30.3 Å². The number of rotatable bonds is 3. The molecule has 1 fully saturated rings. The van der Waals surface area contributed by atoms with Crippen molar-refractivity contribution in [2.45, 2.75) is 38.6 Å². The first kappa shape index (κ1) is 14.3. The molecule has 1 aromatic carbocycles.